The van der Waals surface area contributed by atoms with Crippen LogP contribution in [-0.2, 0) is 9.53 Å². The van der Waals surface area contributed by atoms with Gasteiger partial charge in [0.15, 0.2) is 0 Å². The van der Waals surface area contributed by atoms with E-state index in [-0.39, 0.29) is 12.1 Å². The molecule has 0 aromatic rings. The molecule has 0 saturated carbocycles. The van der Waals surface area contributed by atoms with Crippen LogP contribution in [0, 0.1) is 11.8 Å². The van der Waals surface area contributed by atoms with Crippen LogP contribution in [0.15, 0.2) is 0 Å². The first-order valence-corrected chi connectivity index (χ1v) is 3.13. The molecule has 1 saturated heterocycles. The SMILES string of the molecule is CC#CCOC1CC(=O)N1. The lowest BCUT2D eigenvalue weighted by molar-refractivity contribution is -0.139. The molecule has 3 heteroatoms. The van der Waals surface area contributed by atoms with Crippen molar-refractivity contribution in [2.45, 2.75) is 19.6 Å². The minimum Gasteiger partial charge on any atom is -0.345 e. The van der Waals surface area contributed by atoms with Crippen LogP contribution < -0.4 is 5.32 Å². The van der Waals surface area contributed by atoms with Gasteiger partial charge in [-0.1, -0.05) is 5.92 Å². The van der Waals surface area contributed by atoms with Gasteiger partial charge < -0.3 is 10.1 Å². The van der Waals surface area contributed by atoms with Gasteiger partial charge >= 0.3 is 0 Å². The zero-order valence-electron chi connectivity index (χ0n) is 5.81. The van der Waals surface area contributed by atoms with Crippen molar-refractivity contribution in [3.05, 3.63) is 0 Å². The molecule has 0 aliphatic carbocycles. The molecule has 0 aromatic heterocycles. The second-order valence-corrected chi connectivity index (χ2v) is 2.00. The zero-order chi connectivity index (χ0) is 7.40. The molecule has 1 N–H and O–H groups in total. The summed E-state index contributed by atoms with van der Waals surface area (Å²) >= 11 is 0. The molecule has 3 nitrogen and oxygen atoms in total. The van der Waals surface area contributed by atoms with E-state index in [0.29, 0.717) is 13.0 Å². The summed E-state index contributed by atoms with van der Waals surface area (Å²) in [5.41, 5.74) is 0. The van der Waals surface area contributed by atoms with Gasteiger partial charge in [-0.3, -0.25) is 4.79 Å². The minimum absolute atomic E-state index is 0.0504. The molecule has 1 atom stereocenters. The first-order chi connectivity index (χ1) is 4.83. The van der Waals surface area contributed by atoms with E-state index in [1.165, 1.54) is 0 Å². The summed E-state index contributed by atoms with van der Waals surface area (Å²) in [7, 11) is 0. The summed E-state index contributed by atoms with van der Waals surface area (Å²) in [6, 6.07) is 0. The topological polar surface area (TPSA) is 38.3 Å². The van der Waals surface area contributed by atoms with Gasteiger partial charge in [-0.05, 0) is 6.92 Å². The standard InChI is InChI=1S/C7H9NO2/c1-2-3-4-10-7-5-6(9)8-7/h7H,4-5H2,1H3,(H,8,9). The Morgan fingerprint density at radius 2 is 2.60 bits per heavy atom. The molecule has 1 rings (SSSR count). The second kappa shape index (κ2) is 3.23. The quantitative estimate of drug-likeness (QED) is 0.427. The fourth-order valence-corrected chi connectivity index (χ4v) is 0.642. The fourth-order valence-electron chi connectivity index (χ4n) is 0.642. The highest BCUT2D eigenvalue weighted by Gasteiger charge is 2.24. The lowest BCUT2D eigenvalue weighted by Crippen LogP contribution is -2.50. The molecule has 1 amide bonds. The highest BCUT2D eigenvalue weighted by molar-refractivity contribution is 5.82. The third kappa shape index (κ3) is 1.74. The number of hydrogen-bond donors (Lipinski definition) is 1. The Balaban J connectivity index is 2.04. The van der Waals surface area contributed by atoms with Gasteiger partial charge in [0.25, 0.3) is 0 Å². The van der Waals surface area contributed by atoms with Gasteiger partial charge in [0.2, 0.25) is 5.91 Å². The van der Waals surface area contributed by atoms with E-state index in [1.807, 2.05) is 0 Å². The maximum Gasteiger partial charge on any atom is 0.226 e. The van der Waals surface area contributed by atoms with E-state index in [2.05, 4.69) is 17.2 Å². The Kier molecular flexibility index (Phi) is 2.30. The van der Waals surface area contributed by atoms with Crippen molar-refractivity contribution in [3.8, 4) is 11.8 Å². The number of β-lactam (4-membered cyclic amide) rings is 1. The molecule has 1 aliphatic heterocycles. The van der Waals surface area contributed by atoms with E-state index in [0.717, 1.165) is 0 Å². The second-order valence-electron chi connectivity index (χ2n) is 2.00. The third-order valence-corrected chi connectivity index (χ3v) is 1.23. The van der Waals surface area contributed by atoms with Crippen LogP contribution in [0.4, 0.5) is 0 Å². The van der Waals surface area contributed by atoms with E-state index in [1.54, 1.807) is 6.92 Å². The van der Waals surface area contributed by atoms with Gasteiger partial charge in [-0.15, -0.1) is 5.92 Å². The maximum atomic E-state index is 10.3. The number of ether oxygens (including phenoxy) is 1. The largest absolute Gasteiger partial charge is 0.345 e. The smallest absolute Gasteiger partial charge is 0.226 e. The number of nitrogens with one attached hydrogen (secondary N) is 1. The normalized spacial score (nSPS) is 22.1. The molecule has 1 aliphatic rings. The van der Waals surface area contributed by atoms with Crippen LogP contribution in [0.25, 0.3) is 0 Å². The Morgan fingerprint density at radius 3 is 3.10 bits per heavy atom. The highest BCUT2D eigenvalue weighted by atomic mass is 16.5. The first kappa shape index (κ1) is 7.10. The molecule has 0 radical (unpaired) electrons. The van der Waals surface area contributed by atoms with E-state index >= 15 is 0 Å². The van der Waals surface area contributed by atoms with Gasteiger partial charge in [0, 0.05) is 0 Å². The molecular formula is C7H9NO2. The van der Waals surface area contributed by atoms with E-state index in [9.17, 15) is 4.79 Å². The number of amides is 1. The molecule has 1 fully saturated rings. The van der Waals surface area contributed by atoms with Crippen molar-refractivity contribution in [2.75, 3.05) is 6.61 Å². The molecule has 1 heterocycles. The van der Waals surface area contributed by atoms with Crippen LogP contribution >= 0.6 is 0 Å². The zero-order valence-corrected chi connectivity index (χ0v) is 5.81. The Labute approximate surface area is 59.7 Å². The Morgan fingerprint density at radius 1 is 1.90 bits per heavy atom. The predicted octanol–water partition coefficient (Wildman–Crippen LogP) is -0.128. The molecule has 54 valence electrons. The predicted molar refractivity (Wildman–Crippen MR) is 35.9 cm³/mol. The van der Waals surface area contributed by atoms with Gasteiger partial charge in [-0.2, -0.15) is 0 Å². The summed E-state index contributed by atoms with van der Waals surface area (Å²) in [6.07, 6.45) is 0.388. The van der Waals surface area contributed by atoms with Crippen molar-refractivity contribution in [1.29, 1.82) is 0 Å². The number of carbonyl (C=O) groups excluding carboxylic acids is 1. The lowest BCUT2D eigenvalue weighted by atomic mass is 10.2. The van der Waals surface area contributed by atoms with Gasteiger partial charge in [0.1, 0.15) is 12.8 Å². The number of hydrogen-bond acceptors (Lipinski definition) is 2. The monoisotopic (exact) mass is 139 g/mol. The van der Waals surface area contributed by atoms with Crippen molar-refractivity contribution < 1.29 is 9.53 Å². The van der Waals surface area contributed by atoms with Crippen LogP contribution in [0.1, 0.15) is 13.3 Å². The van der Waals surface area contributed by atoms with Crippen molar-refractivity contribution in [3.63, 3.8) is 0 Å². The Bertz CT molecular complexity index is 182. The summed E-state index contributed by atoms with van der Waals surface area (Å²) in [5.74, 6) is 5.48. The number of rotatable bonds is 2. The van der Waals surface area contributed by atoms with Crippen molar-refractivity contribution in [1.82, 2.24) is 5.32 Å². The van der Waals surface area contributed by atoms with Crippen LogP contribution in [0.5, 0.6) is 0 Å². The summed E-state index contributed by atoms with van der Waals surface area (Å²) in [5, 5.41) is 2.57. The lowest BCUT2D eigenvalue weighted by Gasteiger charge is -2.25. The molecular weight excluding hydrogens is 130 g/mol. The molecule has 0 spiro atoms. The number of carbonyl (C=O) groups is 1. The average molecular weight is 139 g/mol. The first-order valence-electron chi connectivity index (χ1n) is 3.13. The summed E-state index contributed by atoms with van der Waals surface area (Å²) in [6.45, 7) is 2.16. The molecule has 0 aromatic carbocycles. The van der Waals surface area contributed by atoms with Gasteiger partial charge in [0.05, 0.1) is 6.42 Å². The van der Waals surface area contributed by atoms with Crippen LogP contribution in [-0.4, -0.2) is 18.7 Å². The van der Waals surface area contributed by atoms with Gasteiger partial charge in [-0.25, -0.2) is 0 Å². The third-order valence-electron chi connectivity index (χ3n) is 1.23. The minimum atomic E-state index is -0.0895. The fraction of sp³-hybridized carbons (Fsp3) is 0.571. The Hall–Kier alpha value is -1.01. The average Bonchev–Trinajstić information content (AvgIpc) is 1.85. The van der Waals surface area contributed by atoms with Crippen molar-refractivity contribution >= 4 is 5.91 Å². The summed E-state index contributed by atoms with van der Waals surface area (Å²) in [4.78, 5) is 10.3. The van der Waals surface area contributed by atoms with Crippen molar-refractivity contribution in [2.24, 2.45) is 0 Å². The van der Waals surface area contributed by atoms with Crippen LogP contribution in [0.3, 0.4) is 0 Å². The van der Waals surface area contributed by atoms with E-state index < -0.39 is 0 Å². The maximum absolute atomic E-state index is 10.3. The van der Waals surface area contributed by atoms with Crippen LogP contribution in [0.2, 0.25) is 0 Å². The molecule has 0 bridgehead atoms. The summed E-state index contributed by atoms with van der Waals surface area (Å²) < 4.78 is 5.08. The molecule has 10 heavy (non-hydrogen) atoms. The highest BCUT2D eigenvalue weighted by Crippen LogP contribution is 2.03. The molecule has 1 unspecified atom stereocenters. The van der Waals surface area contributed by atoms with E-state index in [4.69, 9.17) is 4.74 Å².